The second kappa shape index (κ2) is 12.2. The molecule has 2 aromatic heterocycles. The lowest BCUT2D eigenvalue weighted by Gasteiger charge is -2.25. The van der Waals surface area contributed by atoms with Gasteiger partial charge in [-0.1, -0.05) is 90.2 Å². The molecule has 0 aliphatic carbocycles. The van der Waals surface area contributed by atoms with E-state index in [9.17, 15) is 14.4 Å². The number of carbonyl (C=O) groups is 2. The Bertz CT molecular complexity index is 2120. The molecule has 7 rings (SSSR count). The van der Waals surface area contributed by atoms with E-state index in [0.29, 0.717) is 20.6 Å². The molecule has 226 valence electrons. The third-order valence-corrected chi connectivity index (χ3v) is 9.34. The molecule has 0 N–H and O–H groups in total. The molecule has 3 aromatic carbocycles. The van der Waals surface area contributed by atoms with Crippen molar-refractivity contribution in [3.05, 3.63) is 133 Å². The third kappa shape index (κ3) is 5.33. The molecule has 0 spiro atoms. The molecule has 0 bridgehead atoms. The van der Waals surface area contributed by atoms with E-state index in [0.717, 1.165) is 53.5 Å². The summed E-state index contributed by atoms with van der Waals surface area (Å²) in [7, 11) is 0. The number of ether oxygens (including phenoxy) is 1. The molecule has 1 atom stereocenters. The Morgan fingerprint density at radius 1 is 0.956 bits per heavy atom. The van der Waals surface area contributed by atoms with Gasteiger partial charge in [-0.25, -0.2) is 9.79 Å². The molecular weight excluding hydrogens is 584 g/mol. The molecule has 0 unspecified atom stereocenters. The number of para-hydroxylation sites is 1. The van der Waals surface area contributed by atoms with Gasteiger partial charge in [0.05, 0.1) is 28.5 Å². The van der Waals surface area contributed by atoms with E-state index in [-0.39, 0.29) is 24.6 Å². The van der Waals surface area contributed by atoms with Gasteiger partial charge in [0.15, 0.2) is 4.80 Å². The van der Waals surface area contributed by atoms with Crippen LogP contribution in [-0.2, 0) is 20.9 Å². The van der Waals surface area contributed by atoms with Gasteiger partial charge < -0.3 is 14.2 Å². The Balaban J connectivity index is 1.41. The average Bonchev–Trinajstić information content (AvgIpc) is 3.81. The SMILES string of the molecule is CCOC(=O)C1=C(c2ccccc2)N=c2s/c(=C/c3cn(CC(=O)N4CCCC4)c4ccccc34)c(=O)n2[C@H]1c1ccccc1. The summed E-state index contributed by atoms with van der Waals surface area (Å²) >= 11 is 1.29. The number of carbonyl (C=O) groups excluding carboxylic acids is 2. The monoisotopic (exact) mass is 616 g/mol. The van der Waals surface area contributed by atoms with Gasteiger partial charge in [-0.2, -0.15) is 0 Å². The molecule has 5 aromatic rings. The number of amides is 1. The van der Waals surface area contributed by atoms with Crippen LogP contribution in [0.25, 0.3) is 22.7 Å². The van der Waals surface area contributed by atoms with Crippen LogP contribution < -0.4 is 14.9 Å². The van der Waals surface area contributed by atoms with E-state index < -0.39 is 12.0 Å². The smallest absolute Gasteiger partial charge is 0.338 e. The average molecular weight is 617 g/mol. The highest BCUT2D eigenvalue weighted by Crippen LogP contribution is 2.35. The maximum atomic E-state index is 14.3. The van der Waals surface area contributed by atoms with Gasteiger partial charge in [0.2, 0.25) is 5.91 Å². The maximum absolute atomic E-state index is 14.3. The number of hydrogen-bond acceptors (Lipinski definition) is 6. The summed E-state index contributed by atoms with van der Waals surface area (Å²) in [6.45, 7) is 3.80. The molecule has 2 aliphatic rings. The number of hydrogen-bond donors (Lipinski definition) is 0. The summed E-state index contributed by atoms with van der Waals surface area (Å²) in [5.74, 6) is -0.407. The first-order valence-electron chi connectivity index (χ1n) is 15.2. The summed E-state index contributed by atoms with van der Waals surface area (Å²) in [4.78, 5) is 48.3. The molecule has 2 aliphatic heterocycles. The van der Waals surface area contributed by atoms with Crippen molar-refractivity contribution in [2.45, 2.75) is 32.4 Å². The van der Waals surface area contributed by atoms with Crippen LogP contribution in [0.3, 0.4) is 0 Å². The van der Waals surface area contributed by atoms with Crippen LogP contribution in [0.1, 0.15) is 42.5 Å². The number of thiazole rings is 1. The predicted octanol–water partition coefficient (Wildman–Crippen LogP) is 4.51. The normalized spacial score (nSPS) is 16.6. The number of esters is 1. The van der Waals surface area contributed by atoms with Gasteiger partial charge in [0, 0.05) is 41.3 Å². The minimum atomic E-state index is -0.724. The van der Waals surface area contributed by atoms with Crippen LogP contribution in [0, 0.1) is 0 Å². The molecule has 1 fully saturated rings. The number of fused-ring (bicyclic) bond motifs is 2. The van der Waals surface area contributed by atoms with E-state index in [1.807, 2.05) is 107 Å². The summed E-state index contributed by atoms with van der Waals surface area (Å²) in [6.07, 6.45) is 5.90. The quantitative estimate of drug-likeness (QED) is 0.252. The molecule has 45 heavy (non-hydrogen) atoms. The second-order valence-electron chi connectivity index (χ2n) is 11.2. The molecule has 8 nitrogen and oxygen atoms in total. The Labute approximate surface area is 263 Å². The maximum Gasteiger partial charge on any atom is 0.338 e. The van der Waals surface area contributed by atoms with Crippen LogP contribution >= 0.6 is 11.3 Å². The largest absolute Gasteiger partial charge is 0.463 e. The van der Waals surface area contributed by atoms with Gasteiger partial charge >= 0.3 is 5.97 Å². The number of benzene rings is 3. The number of nitrogens with zero attached hydrogens (tertiary/aromatic N) is 4. The van der Waals surface area contributed by atoms with Gasteiger partial charge in [-0.15, -0.1) is 0 Å². The first kappa shape index (κ1) is 28.7. The van der Waals surface area contributed by atoms with Gasteiger partial charge in [-0.05, 0) is 37.5 Å². The van der Waals surface area contributed by atoms with Gasteiger partial charge in [0.1, 0.15) is 6.54 Å². The molecule has 4 heterocycles. The van der Waals surface area contributed by atoms with Crippen molar-refractivity contribution in [2.24, 2.45) is 4.99 Å². The van der Waals surface area contributed by atoms with Crippen molar-refractivity contribution in [3.8, 4) is 0 Å². The third-order valence-electron chi connectivity index (χ3n) is 8.36. The Hall–Kier alpha value is -5.02. The van der Waals surface area contributed by atoms with Crippen LogP contribution in [-0.4, -0.2) is 45.6 Å². The zero-order chi connectivity index (χ0) is 30.9. The zero-order valence-corrected chi connectivity index (χ0v) is 25.7. The lowest BCUT2D eigenvalue weighted by atomic mass is 9.93. The number of rotatable bonds is 7. The van der Waals surface area contributed by atoms with Gasteiger partial charge in [-0.3, -0.25) is 14.2 Å². The van der Waals surface area contributed by atoms with E-state index in [1.54, 1.807) is 11.5 Å². The molecule has 9 heteroatoms. The fourth-order valence-corrected chi connectivity index (χ4v) is 7.26. The first-order chi connectivity index (χ1) is 22.0. The summed E-state index contributed by atoms with van der Waals surface area (Å²) in [6, 6.07) is 26.3. The Kier molecular flexibility index (Phi) is 7.77. The number of likely N-dealkylation sites (tertiary alicyclic amines) is 1. The van der Waals surface area contributed by atoms with Crippen molar-refractivity contribution >= 4 is 45.9 Å². The van der Waals surface area contributed by atoms with Crippen molar-refractivity contribution in [2.75, 3.05) is 19.7 Å². The highest BCUT2D eigenvalue weighted by molar-refractivity contribution is 7.07. The predicted molar refractivity (Wildman–Crippen MR) is 175 cm³/mol. The summed E-state index contributed by atoms with van der Waals surface area (Å²) in [5, 5.41) is 0.953. The fraction of sp³-hybridized carbons (Fsp3) is 0.222. The molecule has 0 saturated carbocycles. The number of aromatic nitrogens is 2. The topological polar surface area (TPSA) is 85.9 Å². The Morgan fingerprint density at radius 3 is 2.38 bits per heavy atom. The highest BCUT2D eigenvalue weighted by Gasteiger charge is 2.35. The van der Waals surface area contributed by atoms with E-state index >= 15 is 0 Å². The molecule has 0 radical (unpaired) electrons. The highest BCUT2D eigenvalue weighted by atomic mass is 32.1. The van der Waals surface area contributed by atoms with Crippen molar-refractivity contribution in [3.63, 3.8) is 0 Å². The van der Waals surface area contributed by atoms with Gasteiger partial charge in [0.25, 0.3) is 5.56 Å². The fourth-order valence-electron chi connectivity index (χ4n) is 6.27. The minimum Gasteiger partial charge on any atom is -0.463 e. The van der Waals surface area contributed by atoms with Crippen LogP contribution in [0.2, 0.25) is 0 Å². The van der Waals surface area contributed by atoms with Crippen LogP contribution in [0.4, 0.5) is 0 Å². The van der Waals surface area contributed by atoms with Crippen LogP contribution in [0.15, 0.2) is 106 Å². The second-order valence-corrected chi connectivity index (χ2v) is 12.2. The lowest BCUT2D eigenvalue weighted by molar-refractivity contribution is -0.139. The van der Waals surface area contributed by atoms with E-state index in [4.69, 9.17) is 9.73 Å². The van der Waals surface area contributed by atoms with Crippen molar-refractivity contribution < 1.29 is 14.3 Å². The van der Waals surface area contributed by atoms with Crippen LogP contribution in [0.5, 0.6) is 0 Å². The zero-order valence-electron chi connectivity index (χ0n) is 24.9. The van der Waals surface area contributed by atoms with Crippen molar-refractivity contribution in [1.82, 2.24) is 14.0 Å². The molecule has 1 saturated heterocycles. The lowest BCUT2D eigenvalue weighted by Crippen LogP contribution is -2.39. The van der Waals surface area contributed by atoms with Crippen molar-refractivity contribution in [1.29, 1.82) is 0 Å². The first-order valence-corrected chi connectivity index (χ1v) is 16.0. The summed E-state index contributed by atoms with van der Waals surface area (Å²) in [5.41, 5.74) is 3.90. The Morgan fingerprint density at radius 2 is 1.64 bits per heavy atom. The standard InChI is InChI=1S/C36H32N4O4S/c1-2-44-35(43)31-32(24-13-5-3-6-14-24)37-36-40(33(31)25-15-7-4-8-16-25)34(42)29(45-36)21-26-22-39(28-18-10-9-17-27(26)28)23-30(41)38-19-11-12-20-38/h3-10,13-18,21-22,33H,2,11-12,19-20,23H2,1H3/b29-21+/t33-/m0/s1. The molecular formula is C36H32N4O4S. The molecule has 1 amide bonds. The van der Waals surface area contributed by atoms with E-state index in [1.165, 1.54) is 11.3 Å². The minimum absolute atomic E-state index is 0.0990. The summed E-state index contributed by atoms with van der Waals surface area (Å²) < 4.78 is 9.62. The van der Waals surface area contributed by atoms with E-state index in [2.05, 4.69) is 0 Å².